The highest BCUT2D eigenvalue weighted by Gasteiger charge is 2.23. The fourth-order valence-electron chi connectivity index (χ4n) is 2.63. The quantitative estimate of drug-likeness (QED) is 0.820. The summed E-state index contributed by atoms with van der Waals surface area (Å²) in [4.78, 5) is 2.44. The van der Waals surface area contributed by atoms with Crippen LogP contribution in [0.25, 0.3) is 0 Å². The summed E-state index contributed by atoms with van der Waals surface area (Å²) in [6, 6.07) is 3.26. The molecule has 0 saturated carbocycles. The van der Waals surface area contributed by atoms with Crippen LogP contribution in [0, 0.1) is 17.6 Å². The van der Waals surface area contributed by atoms with Gasteiger partial charge in [0.2, 0.25) is 0 Å². The summed E-state index contributed by atoms with van der Waals surface area (Å²) in [6.45, 7) is 7.60. The molecule has 1 aromatic rings. The summed E-state index contributed by atoms with van der Waals surface area (Å²) in [5, 5.41) is 3.18. The molecule has 1 aliphatic heterocycles. The third-order valence-corrected chi connectivity index (χ3v) is 4.53. The summed E-state index contributed by atoms with van der Waals surface area (Å²) in [5.41, 5.74) is 0.109. The van der Waals surface area contributed by atoms with Crippen molar-refractivity contribution in [1.82, 2.24) is 10.2 Å². The molecule has 112 valence electrons. The van der Waals surface area contributed by atoms with Gasteiger partial charge in [0.15, 0.2) is 0 Å². The van der Waals surface area contributed by atoms with Crippen molar-refractivity contribution < 1.29 is 8.78 Å². The number of likely N-dealkylation sites (tertiary alicyclic amines) is 1. The molecular formula is C15H21BrF2N2. The molecule has 1 fully saturated rings. The highest BCUT2D eigenvalue weighted by atomic mass is 79.9. The highest BCUT2D eigenvalue weighted by molar-refractivity contribution is 9.10. The van der Waals surface area contributed by atoms with Crippen LogP contribution in [0.4, 0.5) is 8.78 Å². The Morgan fingerprint density at radius 3 is 2.80 bits per heavy atom. The minimum atomic E-state index is -0.507. The molecule has 1 atom stereocenters. The molecular weight excluding hydrogens is 326 g/mol. The van der Waals surface area contributed by atoms with Gasteiger partial charge in [0.25, 0.3) is 0 Å². The number of benzene rings is 1. The average Bonchev–Trinajstić information content (AvgIpc) is 2.87. The van der Waals surface area contributed by atoms with Crippen LogP contribution >= 0.6 is 15.9 Å². The molecule has 1 aromatic carbocycles. The SMILES string of the molecule is CC(C)N1CCC(CNCc2c(F)ccc(Br)c2F)C1. The summed E-state index contributed by atoms with van der Waals surface area (Å²) in [6.07, 6.45) is 1.15. The van der Waals surface area contributed by atoms with E-state index in [1.165, 1.54) is 12.1 Å². The number of hydrogen-bond acceptors (Lipinski definition) is 2. The highest BCUT2D eigenvalue weighted by Crippen LogP contribution is 2.22. The summed E-state index contributed by atoms with van der Waals surface area (Å²) >= 11 is 3.09. The number of nitrogens with zero attached hydrogens (tertiary/aromatic N) is 1. The molecule has 2 nitrogen and oxygen atoms in total. The second-order valence-corrected chi connectivity index (χ2v) is 6.55. The summed E-state index contributed by atoms with van der Waals surface area (Å²) in [7, 11) is 0. The molecule has 5 heteroatoms. The van der Waals surface area contributed by atoms with Crippen LogP contribution in [0.1, 0.15) is 25.8 Å². The Bertz CT molecular complexity index is 465. The lowest BCUT2D eigenvalue weighted by Gasteiger charge is -2.20. The van der Waals surface area contributed by atoms with E-state index in [0.717, 1.165) is 26.1 Å². The first-order chi connectivity index (χ1) is 9.49. The van der Waals surface area contributed by atoms with Gasteiger partial charge in [0, 0.05) is 24.7 Å². The van der Waals surface area contributed by atoms with E-state index >= 15 is 0 Å². The van der Waals surface area contributed by atoms with Gasteiger partial charge in [-0.2, -0.15) is 0 Å². The first kappa shape index (κ1) is 15.9. The summed E-state index contributed by atoms with van der Waals surface area (Å²) in [5.74, 6) is -0.433. The van der Waals surface area contributed by atoms with Crippen molar-refractivity contribution in [2.45, 2.75) is 32.9 Å². The van der Waals surface area contributed by atoms with Crippen LogP contribution in [-0.4, -0.2) is 30.6 Å². The third-order valence-electron chi connectivity index (χ3n) is 3.92. The van der Waals surface area contributed by atoms with Crippen molar-refractivity contribution in [1.29, 1.82) is 0 Å². The topological polar surface area (TPSA) is 15.3 Å². The zero-order chi connectivity index (χ0) is 14.7. The Kier molecular flexibility index (Phi) is 5.52. The van der Waals surface area contributed by atoms with Crippen molar-refractivity contribution in [3.63, 3.8) is 0 Å². The molecule has 1 heterocycles. The fraction of sp³-hybridized carbons (Fsp3) is 0.600. The molecule has 0 spiro atoms. The summed E-state index contributed by atoms with van der Waals surface area (Å²) < 4.78 is 27.7. The van der Waals surface area contributed by atoms with E-state index in [1.807, 2.05) is 0 Å². The van der Waals surface area contributed by atoms with Crippen molar-refractivity contribution in [2.75, 3.05) is 19.6 Å². The maximum atomic E-state index is 13.8. The predicted octanol–water partition coefficient (Wildman–Crippen LogP) is 3.55. The Labute approximate surface area is 127 Å². The molecule has 20 heavy (non-hydrogen) atoms. The first-order valence-electron chi connectivity index (χ1n) is 7.06. The van der Waals surface area contributed by atoms with E-state index in [-0.39, 0.29) is 12.1 Å². The van der Waals surface area contributed by atoms with Gasteiger partial charge in [-0.3, -0.25) is 0 Å². The van der Waals surface area contributed by atoms with E-state index < -0.39 is 11.6 Å². The Balaban J connectivity index is 1.84. The lowest BCUT2D eigenvalue weighted by molar-refractivity contribution is 0.264. The Morgan fingerprint density at radius 1 is 1.40 bits per heavy atom. The monoisotopic (exact) mass is 346 g/mol. The molecule has 0 aliphatic carbocycles. The second kappa shape index (κ2) is 6.96. The lowest BCUT2D eigenvalue weighted by atomic mass is 10.1. The van der Waals surface area contributed by atoms with E-state index in [4.69, 9.17) is 0 Å². The van der Waals surface area contributed by atoms with Crippen molar-refractivity contribution in [2.24, 2.45) is 5.92 Å². The lowest BCUT2D eigenvalue weighted by Crippen LogP contribution is -2.30. The Hall–Kier alpha value is -0.520. The van der Waals surface area contributed by atoms with Crippen LogP contribution < -0.4 is 5.32 Å². The fourth-order valence-corrected chi connectivity index (χ4v) is 3.00. The zero-order valence-corrected chi connectivity index (χ0v) is 13.5. The van der Waals surface area contributed by atoms with Crippen LogP contribution in [0.3, 0.4) is 0 Å². The van der Waals surface area contributed by atoms with Crippen LogP contribution in [0.5, 0.6) is 0 Å². The molecule has 0 amide bonds. The van der Waals surface area contributed by atoms with Gasteiger partial charge in [-0.25, -0.2) is 8.78 Å². The minimum absolute atomic E-state index is 0.109. The molecule has 0 bridgehead atoms. The maximum absolute atomic E-state index is 13.8. The van der Waals surface area contributed by atoms with Gasteiger partial charge in [-0.15, -0.1) is 0 Å². The molecule has 0 radical (unpaired) electrons. The maximum Gasteiger partial charge on any atom is 0.144 e. The number of rotatable bonds is 5. The van der Waals surface area contributed by atoms with Crippen LogP contribution in [0.15, 0.2) is 16.6 Å². The molecule has 1 aliphatic rings. The smallest absolute Gasteiger partial charge is 0.144 e. The largest absolute Gasteiger partial charge is 0.312 e. The molecule has 1 unspecified atom stereocenters. The Morgan fingerprint density at radius 2 is 2.15 bits per heavy atom. The standard InChI is InChI=1S/C15H21BrF2N2/c1-10(2)20-6-5-11(9-20)7-19-8-12-14(17)4-3-13(16)15(12)18/h3-4,10-11,19H,5-9H2,1-2H3. The second-order valence-electron chi connectivity index (χ2n) is 5.70. The van der Waals surface area contributed by atoms with Crippen LogP contribution in [0.2, 0.25) is 0 Å². The average molecular weight is 347 g/mol. The number of nitrogens with one attached hydrogen (secondary N) is 1. The third kappa shape index (κ3) is 3.77. The molecule has 2 rings (SSSR count). The van der Waals surface area contributed by atoms with Gasteiger partial charge in [0.05, 0.1) is 4.47 Å². The van der Waals surface area contributed by atoms with Crippen LogP contribution in [-0.2, 0) is 6.54 Å². The van der Waals surface area contributed by atoms with Crippen molar-refractivity contribution >= 4 is 15.9 Å². The van der Waals surface area contributed by atoms with E-state index in [9.17, 15) is 8.78 Å². The normalized spacial score (nSPS) is 20.0. The number of hydrogen-bond donors (Lipinski definition) is 1. The van der Waals surface area contributed by atoms with Gasteiger partial charge in [0.1, 0.15) is 11.6 Å². The molecule has 1 saturated heterocycles. The zero-order valence-electron chi connectivity index (χ0n) is 11.9. The van der Waals surface area contributed by atoms with E-state index in [2.05, 4.69) is 40.0 Å². The first-order valence-corrected chi connectivity index (χ1v) is 7.85. The van der Waals surface area contributed by atoms with Gasteiger partial charge in [-0.1, -0.05) is 0 Å². The molecule has 0 aromatic heterocycles. The van der Waals surface area contributed by atoms with Gasteiger partial charge in [-0.05, 0) is 67.3 Å². The van der Waals surface area contributed by atoms with Crippen molar-refractivity contribution in [3.8, 4) is 0 Å². The van der Waals surface area contributed by atoms with Crippen molar-refractivity contribution in [3.05, 3.63) is 33.8 Å². The van der Waals surface area contributed by atoms with Gasteiger partial charge >= 0.3 is 0 Å². The predicted molar refractivity (Wildman–Crippen MR) is 80.6 cm³/mol. The number of halogens is 3. The van der Waals surface area contributed by atoms with Gasteiger partial charge < -0.3 is 10.2 Å². The van der Waals surface area contributed by atoms with E-state index in [1.54, 1.807) is 0 Å². The molecule has 1 N–H and O–H groups in total. The van der Waals surface area contributed by atoms with E-state index in [0.29, 0.717) is 16.4 Å². The minimum Gasteiger partial charge on any atom is -0.312 e.